The van der Waals surface area contributed by atoms with Crippen LogP contribution in [0, 0.1) is 0 Å². The number of hydrogen-bond acceptors (Lipinski definition) is 3. The lowest BCUT2D eigenvalue weighted by Crippen LogP contribution is -2.17. The number of para-hydroxylation sites is 1. The SMILES string of the molecule is CP(c1ccccc1-c1cccc2nsnc12)c1ccccc1-n1cccc1. The van der Waals surface area contributed by atoms with E-state index in [0.717, 1.165) is 16.6 Å². The highest BCUT2D eigenvalue weighted by atomic mass is 32.1. The van der Waals surface area contributed by atoms with Crippen molar-refractivity contribution >= 4 is 41.3 Å². The predicted molar refractivity (Wildman–Crippen MR) is 121 cm³/mol. The van der Waals surface area contributed by atoms with Gasteiger partial charge in [-0.25, -0.2) is 0 Å². The Morgan fingerprint density at radius 2 is 1.43 bits per heavy atom. The lowest BCUT2D eigenvalue weighted by molar-refractivity contribution is 1.09. The van der Waals surface area contributed by atoms with Crippen molar-refractivity contribution in [3.05, 3.63) is 91.3 Å². The summed E-state index contributed by atoms with van der Waals surface area (Å²) in [6.45, 7) is 2.34. The minimum Gasteiger partial charge on any atom is -0.323 e. The summed E-state index contributed by atoms with van der Waals surface area (Å²) in [5, 5.41) is 2.72. The van der Waals surface area contributed by atoms with Crippen LogP contribution in [0.25, 0.3) is 27.8 Å². The summed E-state index contributed by atoms with van der Waals surface area (Å²) in [4.78, 5) is 0. The number of aromatic nitrogens is 3. The number of fused-ring (bicyclic) bond motifs is 1. The molecular formula is C23H18N3PS. The summed E-state index contributed by atoms with van der Waals surface area (Å²) in [6.07, 6.45) is 4.21. The third-order valence-electron chi connectivity index (χ3n) is 4.97. The van der Waals surface area contributed by atoms with Gasteiger partial charge in [0.2, 0.25) is 0 Å². The minimum absolute atomic E-state index is 0.547. The van der Waals surface area contributed by atoms with Gasteiger partial charge in [0.15, 0.2) is 0 Å². The first kappa shape index (κ1) is 17.3. The van der Waals surface area contributed by atoms with Gasteiger partial charge in [-0.2, -0.15) is 8.75 Å². The molecule has 5 rings (SSSR count). The van der Waals surface area contributed by atoms with Gasteiger partial charge in [0, 0.05) is 23.3 Å². The van der Waals surface area contributed by atoms with Gasteiger partial charge >= 0.3 is 0 Å². The maximum Gasteiger partial charge on any atom is 0.112 e. The van der Waals surface area contributed by atoms with Crippen LogP contribution in [-0.2, 0) is 0 Å². The second-order valence-corrected chi connectivity index (χ2v) is 9.20. The van der Waals surface area contributed by atoms with E-state index < -0.39 is 7.92 Å². The summed E-state index contributed by atoms with van der Waals surface area (Å²) in [6, 6.07) is 27.8. The average Bonchev–Trinajstić information content (AvgIpc) is 3.45. The molecule has 0 saturated carbocycles. The number of rotatable bonds is 4. The van der Waals surface area contributed by atoms with Crippen molar-refractivity contribution in [2.24, 2.45) is 0 Å². The van der Waals surface area contributed by atoms with Crippen molar-refractivity contribution in [1.82, 2.24) is 13.3 Å². The molecule has 5 aromatic rings. The fraction of sp³-hybridized carbons (Fsp3) is 0.0435. The Morgan fingerprint density at radius 1 is 0.714 bits per heavy atom. The molecule has 28 heavy (non-hydrogen) atoms. The van der Waals surface area contributed by atoms with E-state index >= 15 is 0 Å². The van der Waals surface area contributed by atoms with E-state index in [-0.39, 0.29) is 0 Å². The van der Waals surface area contributed by atoms with E-state index in [2.05, 4.69) is 105 Å². The van der Waals surface area contributed by atoms with Gasteiger partial charge in [-0.05, 0) is 49.7 Å². The highest BCUT2D eigenvalue weighted by Crippen LogP contribution is 2.37. The van der Waals surface area contributed by atoms with Gasteiger partial charge < -0.3 is 4.57 Å². The Balaban J connectivity index is 1.68. The van der Waals surface area contributed by atoms with E-state index in [1.165, 1.54) is 33.6 Å². The van der Waals surface area contributed by atoms with Gasteiger partial charge in [-0.1, -0.05) is 54.6 Å². The maximum absolute atomic E-state index is 4.56. The fourth-order valence-corrected chi connectivity index (χ4v) is 6.13. The molecule has 1 atom stereocenters. The van der Waals surface area contributed by atoms with Crippen molar-refractivity contribution < 1.29 is 0 Å². The lowest BCUT2D eigenvalue weighted by atomic mass is 10.0. The van der Waals surface area contributed by atoms with Crippen molar-refractivity contribution in [3.8, 4) is 16.8 Å². The van der Waals surface area contributed by atoms with Crippen LogP contribution in [0.3, 0.4) is 0 Å². The zero-order valence-electron chi connectivity index (χ0n) is 15.4. The van der Waals surface area contributed by atoms with E-state index in [9.17, 15) is 0 Å². The third-order valence-corrected chi connectivity index (χ3v) is 7.72. The molecule has 2 heterocycles. The first-order valence-corrected chi connectivity index (χ1v) is 11.6. The monoisotopic (exact) mass is 399 g/mol. The van der Waals surface area contributed by atoms with E-state index in [4.69, 9.17) is 0 Å². The van der Waals surface area contributed by atoms with Crippen LogP contribution in [0.2, 0.25) is 0 Å². The van der Waals surface area contributed by atoms with E-state index in [1.807, 2.05) is 6.07 Å². The largest absolute Gasteiger partial charge is 0.323 e. The molecule has 3 nitrogen and oxygen atoms in total. The van der Waals surface area contributed by atoms with Crippen LogP contribution >= 0.6 is 19.6 Å². The van der Waals surface area contributed by atoms with Gasteiger partial charge in [-0.3, -0.25) is 0 Å². The van der Waals surface area contributed by atoms with Gasteiger partial charge in [0.05, 0.1) is 17.4 Å². The Kier molecular flexibility index (Phi) is 4.52. The minimum atomic E-state index is -0.547. The molecule has 0 fully saturated rings. The molecule has 1 unspecified atom stereocenters. The summed E-state index contributed by atoms with van der Waals surface area (Å²) < 4.78 is 11.2. The molecule has 0 spiro atoms. The second-order valence-electron chi connectivity index (χ2n) is 6.59. The van der Waals surface area contributed by atoms with Crippen molar-refractivity contribution in [3.63, 3.8) is 0 Å². The van der Waals surface area contributed by atoms with Crippen LogP contribution in [-0.4, -0.2) is 20.0 Å². The topological polar surface area (TPSA) is 30.7 Å². The average molecular weight is 399 g/mol. The zero-order valence-corrected chi connectivity index (χ0v) is 17.1. The number of benzene rings is 3. The standard InChI is InChI=1S/C23H18N3PS/c1-27(22-14-5-3-12-20(22)26-15-6-7-16-26)21-13-4-2-9-17(21)18-10-8-11-19-23(18)25-28-24-19/h2-16H,1H3. The summed E-state index contributed by atoms with van der Waals surface area (Å²) in [7, 11) is -0.547. The number of nitrogens with zero attached hydrogens (tertiary/aromatic N) is 3. The van der Waals surface area contributed by atoms with Crippen LogP contribution < -0.4 is 10.6 Å². The maximum atomic E-state index is 4.56. The summed E-state index contributed by atoms with van der Waals surface area (Å²) >= 11 is 1.28. The van der Waals surface area contributed by atoms with Crippen LogP contribution in [0.4, 0.5) is 0 Å². The van der Waals surface area contributed by atoms with Crippen LogP contribution in [0.1, 0.15) is 0 Å². The molecule has 3 aromatic carbocycles. The first-order chi connectivity index (χ1) is 13.8. The number of hydrogen-bond donors (Lipinski definition) is 0. The van der Waals surface area contributed by atoms with E-state index in [0.29, 0.717) is 0 Å². The molecule has 0 aliphatic rings. The Morgan fingerprint density at radius 3 is 2.29 bits per heavy atom. The molecule has 5 heteroatoms. The first-order valence-electron chi connectivity index (χ1n) is 9.10. The normalized spacial score (nSPS) is 12.3. The van der Waals surface area contributed by atoms with Gasteiger partial charge in [0.25, 0.3) is 0 Å². The molecule has 0 radical (unpaired) electrons. The third kappa shape index (κ3) is 2.95. The fourth-order valence-electron chi connectivity index (χ4n) is 3.61. The quantitative estimate of drug-likeness (QED) is 0.388. The lowest BCUT2D eigenvalue weighted by Gasteiger charge is -2.21. The van der Waals surface area contributed by atoms with Crippen LogP contribution in [0.15, 0.2) is 91.3 Å². The Labute approximate surface area is 169 Å². The molecule has 0 aliphatic carbocycles. The molecule has 0 amide bonds. The molecule has 0 aliphatic heterocycles. The summed E-state index contributed by atoms with van der Waals surface area (Å²) in [5.74, 6) is 0. The second kappa shape index (κ2) is 7.31. The highest BCUT2D eigenvalue weighted by molar-refractivity contribution is 7.72. The van der Waals surface area contributed by atoms with Gasteiger partial charge in [-0.15, -0.1) is 0 Å². The van der Waals surface area contributed by atoms with Crippen LogP contribution in [0.5, 0.6) is 0 Å². The Hall–Kier alpha value is -2.81. The predicted octanol–water partition coefficient (Wildman–Crippen LogP) is 5.21. The molecule has 136 valence electrons. The molecular weight excluding hydrogens is 381 g/mol. The summed E-state index contributed by atoms with van der Waals surface area (Å²) in [5.41, 5.74) is 5.60. The van der Waals surface area contributed by atoms with Crippen molar-refractivity contribution in [2.45, 2.75) is 0 Å². The van der Waals surface area contributed by atoms with E-state index in [1.54, 1.807) is 0 Å². The Bertz CT molecular complexity index is 1240. The van der Waals surface area contributed by atoms with Crippen molar-refractivity contribution in [2.75, 3.05) is 6.66 Å². The smallest absolute Gasteiger partial charge is 0.112 e. The molecule has 0 bridgehead atoms. The zero-order chi connectivity index (χ0) is 18.9. The highest BCUT2D eigenvalue weighted by Gasteiger charge is 2.18. The molecule has 2 aromatic heterocycles. The molecule has 0 N–H and O–H groups in total. The van der Waals surface area contributed by atoms with Gasteiger partial charge in [0.1, 0.15) is 11.0 Å². The van der Waals surface area contributed by atoms with Crippen molar-refractivity contribution in [1.29, 1.82) is 0 Å². The molecule has 0 saturated heterocycles.